The highest BCUT2D eigenvalue weighted by atomic mass is 16.5. The summed E-state index contributed by atoms with van der Waals surface area (Å²) >= 11 is 0. The van der Waals surface area contributed by atoms with Crippen molar-refractivity contribution in [3.63, 3.8) is 0 Å². The predicted octanol–water partition coefficient (Wildman–Crippen LogP) is 5.26. The summed E-state index contributed by atoms with van der Waals surface area (Å²) in [5, 5.41) is 12.0. The Balaban J connectivity index is 1.62. The maximum Gasteiger partial charge on any atom is 0.222 e. The Labute approximate surface area is 207 Å². The zero-order valence-corrected chi connectivity index (χ0v) is 21.4. The van der Waals surface area contributed by atoms with Crippen LogP contribution in [0.1, 0.15) is 89.5 Å². The highest BCUT2D eigenvalue weighted by Gasteiger charge is 2.41. The summed E-state index contributed by atoms with van der Waals surface area (Å²) in [6.07, 6.45) is 12.7. The number of rotatable bonds is 13. The van der Waals surface area contributed by atoms with Crippen molar-refractivity contribution in [3.8, 4) is 0 Å². The molecule has 0 bridgehead atoms. The molecular formula is C29H48N2O3. The minimum Gasteiger partial charge on any atom is -0.385 e. The van der Waals surface area contributed by atoms with Crippen LogP contribution in [0.15, 0.2) is 30.3 Å². The van der Waals surface area contributed by atoms with Crippen LogP contribution in [0, 0.1) is 17.8 Å². The molecule has 1 amide bonds. The normalized spacial score (nSPS) is 22.3. The fraction of sp³-hybridized carbons (Fsp3) is 0.759. The van der Waals surface area contributed by atoms with E-state index < -0.39 is 5.60 Å². The summed E-state index contributed by atoms with van der Waals surface area (Å²) in [5.74, 6) is 1.30. The SMILES string of the molecule is CCOCCCC[C@@](O)(c1ccccc1)[C@@H]1CCCN(C(=O)C[C@H](CN)CC2CCCCC2)C1. The molecular weight excluding hydrogens is 424 g/mol. The van der Waals surface area contributed by atoms with Gasteiger partial charge in [-0.1, -0.05) is 62.4 Å². The Bertz CT molecular complexity index is 707. The predicted molar refractivity (Wildman–Crippen MR) is 138 cm³/mol. The van der Waals surface area contributed by atoms with Crippen molar-refractivity contribution in [1.29, 1.82) is 0 Å². The van der Waals surface area contributed by atoms with Crippen molar-refractivity contribution in [2.24, 2.45) is 23.5 Å². The maximum atomic E-state index is 13.3. The topological polar surface area (TPSA) is 75.8 Å². The molecule has 2 fully saturated rings. The molecule has 0 unspecified atom stereocenters. The molecule has 5 heteroatoms. The molecule has 0 spiro atoms. The zero-order chi connectivity index (χ0) is 24.2. The van der Waals surface area contributed by atoms with Gasteiger partial charge in [-0.2, -0.15) is 0 Å². The second kappa shape index (κ2) is 14.2. The quantitative estimate of drug-likeness (QED) is 0.384. The smallest absolute Gasteiger partial charge is 0.222 e. The lowest BCUT2D eigenvalue weighted by atomic mass is 9.74. The fourth-order valence-electron chi connectivity index (χ4n) is 6.18. The van der Waals surface area contributed by atoms with E-state index in [0.29, 0.717) is 25.9 Å². The number of nitrogens with zero attached hydrogens (tertiary/aromatic N) is 1. The monoisotopic (exact) mass is 472 g/mol. The lowest BCUT2D eigenvalue weighted by Gasteiger charge is -2.43. The molecule has 2 aliphatic rings. The van der Waals surface area contributed by atoms with Crippen LogP contribution in [0.25, 0.3) is 0 Å². The molecule has 1 saturated carbocycles. The molecule has 3 rings (SSSR count). The number of nitrogens with two attached hydrogens (primary N) is 1. The van der Waals surface area contributed by atoms with Crippen molar-refractivity contribution in [2.75, 3.05) is 32.8 Å². The third kappa shape index (κ3) is 7.79. The first-order chi connectivity index (χ1) is 16.6. The first kappa shape index (κ1) is 27.2. The minimum atomic E-state index is -0.915. The molecule has 192 valence electrons. The Morgan fingerprint density at radius 2 is 1.91 bits per heavy atom. The fourth-order valence-corrected chi connectivity index (χ4v) is 6.18. The van der Waals surface area contributed by atoms with Crippen molar-refractivity contribution < 1.29 is 14.6 Å². The van der Waals surface area contributed by atoms with Gasteiger partial charge >= 0.3 is 0 Å². The number of hydrogen-bond donors (Lipinski definition) is 2. The van der Waals surface area contributed by atoms with Crippen LogP contribution in [-0.4, -0.2) is 48.8 Å². The van der Waals surface area contributed by atoms with E-state index in [1.54, 1.807) is 0 Å². The number of ether oxygens (including phenoxy) is 1. The average Bonchev–Trinajstić information content (AvgIpc) is 2.89. The van der Waals surface area contributed by atoms with Crippen LogP contribution in [-0.2, 0) is 15.1 Å². The van der Waals surface area contributed by atoms with E-state index in [9.17, 15) is 9.90 Å². The number of likely N-dealkylation sites (tertiary alicyclic amines) is 1. The highest BCUT2D eigenvalue weighted by molar-refractivity contribution is 5.76. The van der Waals surface area contributed by atoms with Gasteiger partial charge in [0.2, 0.25) is 5.91 Å². The number of piperidine rings is 1. The van der Waals surface area contributed by atoms with Gasteiger partial charge in [0.25, 0.3) is 0 Å². The summed E-state index contributed by atoms with van der Waals surface area (Å²) in [4.78, 5) is 15.3. The number of amides is 1. The van der Waals surface area contributed by atoms with E-state index in [-0.39, 0.29) is 17.7 Å². The summed E-state index contributed by atoms with van der Waals surface area (Å²) in [6.45, 7) is 5.50. The first-order valence-corrected chi connectivity index (χ1v) is 13.9. The molecule has 1 aromatic rings. The van der Waals surface area contributed by atoms with E-state index in [0.717, 1.165) is 63.3 Å². The lowest BCUT2D eigenvalue weighted by Crippen LogP contribution is -2.48. The average molecular weight is 473 g/mol. The van der Waals surface area contributed by atoms with E-state index >= 15 is 0 Å². The largest absolute Gasteiger partial charge is 0.385 e. The van der Waals surface area contributed by atoms with Crippen LogP contribution < -0.4 is 5.73 Å². The van der Waals surface area contributed by atoms with Crippen LogP contribution >= 0.6 is 0 Å². The second-order valence-corrected chi connectivity index (χ2v) is 10.7. The van der Waals surface area contributed by atoms with Gasteiger partial charge in [-0.25, -0.2) is 0 Å². The summed E-state index contributed by atoms with van der Waals surface area (Å²) in [7, 11) is 0. The first-order valence-electron chi connectivity index (χ1n) is 13.9. The van der Waals surface area contributed by atoms with E-state index in [4.69, 9.17) is 10.5 Å². The van der Waals surface area contributed by atoms with Gasteiger partial charge in [-0.05, 0) is 69.4 Å². The van der Waals surface area contributed by atoms with Gasteiger partial charge in [0.15, 0.2) is 0 Å². The Morgan fingerprint density at radius 1 is 1.15 bits per heavy atom. The summed E-state index contributed by atoms with van der Waals surface area (Å²) < 4.78 is 5.51. The Kier molecular flexibility index (Phi) is 11.4. The van der Waals surface area contributed by atoms with Gasteiger partial charge in [0, 0.05) is 38.6 Å². The molecule has 1 aliphatic heterocycles. The second-order valence-electron chi connectivity index (χ2n) is 10.7. The third-order valence-corrected chi connectivity index (χ3v) is 8.21. The molecule has 1 aromatic carbocycles. The van der Waals surface area contributed by atoms with Crippen LogP contribution in [0.2, 0.25) is 0 Å². The summed E-state index contributed by atoms with van der Waals surface area (Å²) in [5.41, 5.74) is 6.17. The number of hydrogen-bond acceptors (Lipinski definition) is 4. The van der Waals surface area contributed by atoms with Crippen molar-refractivity contribution >= 4 is 5.91 Å². The van der Waals surface area contributed by atoms with Gasteiger partial charge < -0.3 is 20.5 Å². The molecule has 34 heavy (non-hydrogen) atoms. The molecule has 0 radical (unpaired) electrons. The molecule has 0 aromatic heterocycles. The number of aliphatic hydroxyl groups is 1. The van der Waals surface area contributed by atoms with Gasteiger partial charge in [0.1, 0.15) is 0 Å². The standard InChI is InChI=1S/C29H48N2O3/c1-2-34-19-10-9-17-29(33,26-14-7-4-8-15-26)27-16-11-18-31(23-27)28(32)21-25(22-30)20-24-12-5-3-6-13-24/h4,7-8,14-15,24-25,27,33H,2-3,5-6,9-13,16-23,30H2,1H3/t25-,27-,29-/m1/s1. The number of carbonyl (C=O) groups excluding carboxylic acids is 1. The van der Waals surface area contributed by atoms with Gasteiger partial charge in [-0.15, -0.1) is 0 Å². The molecule has 5 nitrogen and oxygen atoms in total. The van der Waals surface area contributed by atoms with Crippen LogP contribution in [0.5, 0.6) is 0 Å². The zero-order valence-electron chi connectivity index (χ0n) is 21.4. The van der Waals surface area contributed by atoms with E-state index in [1.165, 1.54) is 32.1 Å². The minimum absolute atomic E-state index is 0.0503. The van der Waals surface area contributed by atoms with Gasteiger partial charge in [-0.3, -0.25) is 4.79 Å². The highest BCUT2D eigenvalue weighted by Crippen LogP contribution is 2.40. The van der Waals surface area contributed by atoms with Gasteiger partial charge in [0.05, 0.1) is 5.60 Å². The van der Waals surface area contributed by atoms with Crippen molar-refractivity contribution in [1.82, 2.24) is 4.90 Å². The molecule has 1 saturated heterocycles. The Morgan fingerprint density at radius 3 is 2.62 bits per heavy atom. The number of benzene rings is 1. The molecule has 3 atom stereocenters. The van der Waals surface area contributed by atoms with E-state index in [2.05, 4.69) is 0 Å². The summed E-state index contributed by atoms with van der Waals surface area (Å²) in [6, 6.07) is 10.1. The van der Waals surface area contributed by atoms with Crippen molar-refractivity contribution in [2.45, 2.75) is 89.6 Å². The Hall–Kier alpha value is -1.43. The van der Waals surface area contributed by atoms with E-state index in [1.807, 2.05) is 42.2 Å². The van der Waals surface area contributed by atoms with Crippen LogP contribution in [0.3, 0.4) is 0 Å². The number of unbranched alkanes of at least 4 members (excludes halogenated alkanes) is 1. The molecule has 1 aliphatic carbocycles. The maximum absolute atomic E-state index is 13.3. The molecule has 1 heterocycles. The number of carbonyl (C=O) groups is 1. The third-order valence-electron chi connectivity index (χ3n) is 8.21. The lowest BCUT2D eigenvalue weighted by molar-refractivity contribution is -0.137. The van der Waals surface area contributed by atoms with Crippen molar-refractivity contribution in [3.05, 3.63) is 35.9 Å². The molecule has 3 N–H and O–H groups in total. The van der Waals surface area contributed by atoms with Crippen LogP contribution in [0.4, 0.5) is 0 Å².